The maximum Gasteiger partial charge on any atom is 0.260 e. The third-order valence-electron chi connectivity index (χ3n) is 5.83. The van der Waals surface area contributed by atoms with E-state index in [-0.39, 0.29) is 16.5 Å². The van der Waals surface area contributed by atoms with Crippen molar-refractivity contribution in [3.63, 3.8) is 0 Å². The van der Waals surface area contributed by atoms with E-state index in [1.54, 1.807) is 4.31 Å². The second-order valence-electron chi connectivity index (χ2n) is 7.56. The van der Waals surface area contributed by atoms with Gasteiger partial charge in [-0.25, -0.2) is 13.4 Å². The predicted octanol–water partition coefficient (Wildman–Crippen LogP) is 3.62. The largest absolute Gasteiger partial charge is 0.332 e. The average Bonchev–Trinajstić information content (AvgIpc) is 3.08. The smallest absolute Gasteiger partial charge is 0.260 e. The van der Waals surface area contributed by atoms with E-state index in [4.69, 9.17) is 0 Å². The molecule has 6 heteroatoms. The lowest BCUT2D eigenvalue weighted by molar-refractivity contribution is -0.0505. The van der Waals surface area contributed by atoms with Crippen molar-refractivity contribution >= 4 is 10.0 Å². The van der Waals surface area contributed by atoms with Crippen LogP contribution < -0.4 is 0 Å². The van der Waals surface area contributed by atoms with Gasteiger partial charge >= 0.3 is 0 Å². The maximum atomic E-state index is 13.3. The molecule has 0 unspecified atom stereocenters. The fourth-order valence-corrected chi connectivity index (χ4v) is 6.28. The van der Waals surface area contributed by atoms with Crippen molar-refractivity contribution in [1.29, 1.82) is 0 Å². The van der Waals surface area contributed by atoms with Gasteiger partial charge in [0.2, 0.25) is 0 Å². The second kappa shape index (κ2) is 5.95. The molecular formula is C19H25N3O2S. The van der Waals surface area contributed by atoms with Gasteiger partial charge in [-0.05, 0) is 24.3 Å². The van der Waals surface area contributed by atoms with E-state index in [9.17, 15) is 8.42 Å². The van der Waals surface area contributed by atoms with Crippen LogP contribution >= 0.6 is 0 Å². The van der Waals surface area contributed by atoms with Gasteiger partial charge in [-0.1, -0.05) is 57.0 Å². The molecule has 1 aromatic carbocycles. The minimum Gasteiger partial charge on any atom is -0.332 e. The predicted molar refractivity (Wildman–Crippen MR) is 96.6 cm³/mol. The Balaban J connectivity index is 1.76. The summed E-state index contributed by atoms with van der Waals surface area (Å²) < 4.78 is 28.4. The molecule has 0 amide bonds. The van der Waals surface area contributed by atoms with Crippen LogP contribution in [-0.4, -0.2) is 29.2 Å². The van der Waals surface area contributed by atoms with E-state index in [2.05, 4.69) is 22.1 Å². The number of benzene rings is 1. The van der Waals surface area contributed by atoms with E-state index >= 15 is 0 Å². The first-order valence-electron chi connectivity index (χ1n) is 9.09. The summed E-state index contributed by atoms with van der Waals surface area (Å²) in [6, 6.07) is 10.1. The summed E-state index contributed by atoms with van der Waals surface area (Å²) in [4.78, 5) is 7.29. The van der Waals surface area contributed by atoms with Crippen LogP contribution in [0.25, 0.3) is 0 Å². The molecule has 2 heterocycles. The van der Waals surface area contributed by atoms with Crippen LogP contribution in [0.3, 0.4) is 0 Å². The highest BCUT2D eigenvalue weighted by atomic mass is 32.2. The van der Waals surface area contributed by atoms with E-state index in [1.165, 1.54) is 12.6 Å². The molecule has 0 spiro atoms. The van der Waals surface area contributed by atoms with E-state index < -0.39 is 10.0 Å². The molecular weight excluding hydrogens is 334 g/mol. The van der Waals surface area contributed by atoms with Crippen LogP contribution in [0, 0.1) is 5.92 Å². The Bertz CT molecular complexity index is 860. The lowest BCUT2D eigenvalue weighted by Crippen LogP contribution is -2.67. The minimum absolute atomic E-state index is 0.172. The average molecular weight is 359 g/mol. The number of hydrogen-bond acceptors (Lipinski definition) is 3. The third kappa shape index (κ3) is 2.46. The van der Waals surface area contributed by atoms with Crippen LogP contribution in [0.2, 0.25) is 0 Å². The Morgan fingerprint density at radius 3 is 2.64 bits per heavy atom. The number of H-pyrrole nitrogens is 1. The Morgan fingerprint density at radius 2 is 2.00 bits per heavy atom. The molecule has 2 aromatic rings. The first kappa shape index (κ1) is 16.8. The van der Waals surface area contributed by atoms with Crippen molar-refractivity contribution in [1.82, 2.24) is 14.3 Å². The summed E-state index contributed by atoms with van der Waals surface area (Å²) in [5.74, 6) is 1.30. The van der Waals surface area contributed by atoms with Gasteiger partial charge < -0.3 is 4.98 Å². The zero-order valence-electron chi connectivity index (χ0n) is 14.8. The Labute approximate surface area is 149 Å². The van der Waals surface area contributed by atoms with Crippen LogP contribution in [0.4, 0.5) is 0 Å². The summed E-state index contributed by atoms with van der Waals surface area (Å²) >= 11 is 0. The number of aromatic nitrogens is 2. The van der Waals surface area contributed by atoms with Crippen LogP contribution in [-0.2, 0) is 15.6 Å². The molecule has 25 heavy (non-hydrogen) atoms. The molecule has 1 saturated heterocycles. The summed E-state index contributed by atoms with van der Waals surface area (Å²) in [7, 11) is -3.58. The quantitative estimate of drug-likeness (QED) is 0.906. The molecule has 2 fully saturated rings. The lowest BCUT2D eigenvalue weighted by atomic mass is 9.63. The van der Waals surface area contributed by atoms with Gasteiger partial charge in [-0.15, -0.1) is 0 Å². The fraction of sp³-hybridized carbons (Fsp3) is 0.526. The topological polar surface area (TPSA) is 66.1 Å². The molecule has 1 aliphatic carbocycles. The monoisotopic (exact) mass is 359 g/mol. The normalized spacial score (nSPS) is 27.1. The number of nitrogens with zero attached hydrogens (tertiary/aromatic N) is 2. The molecule has 0 radical (unpaired) electrons. The highest BCUT2D eigenvalue weighted by Gasteiger charge is 2.60. The van der Waals surface area contributed by atoms with Gasteiger partial charge in [0.25, 0.3) is 10.0 Å². The van der Waals surface area contributed by atoms with Crippen LogP contribution in [0.5, 0.6) is 0 Å². The summed E-state index contributed by atoms with van der Waals surface area (Å²) in [5.41, 5.74) is 0.736. The molecule has 1 saturated carbocycles. The third-order valence-corrected chi connectivity index (χ3v) is 7.65. The molecule has 4 rings (SSSR count). The minimum atomic E-state index is -3.58. The zero-order valence-corrected chi connectivity index (χ0v) is 15.6. The maximum absolute atomic E-state index is 13.3. The summed E-state index contributed by atoms with van der Waals surface area (Å²) in [6.07, 6.45) is 5.72. The molecule has 1 aromatic heterocycles. The van der Waals surface area contributed by atoms with Crippen molar-refractivity contribution in [2.45, 2.75) is 56.0 Å². The Kier molecular flexibility index (Phi) is 4.00. The number of fused-ring (bicyclic) bond motifs is 1. The van der Waals surface area contributed by atoms with Crippen molar-refractivity contribution in [3.8, 4) is 0 Å². The van der Waals surface area contributed by atoms with Crippen LogP contribution in [0.15, 0.2) is 41.6 Å². The Hall–Kier alpha value is -1.66. The highest BCUT2D eigenvalue weighted by molar-refractivity contribution is 7.89. The number of aromatic amines is 1. The Morgan fingerprint density at radius 1 is 1.24 bits per heavy atom. The molecule has 0 bridgehead atoms. The van der Waals surface area contributed by atoms with E-state index in [0.29, 0.717) is 18.3 Å². The highest BCUT2D eigenvalue weighted by Crippen LogP contribution is 2.55. The van der Waals surface area contributed by atoms with E-state index in [0.717, 1.165) is 24.8 Å². The number of imidazole rings is 1. The van der Waals surface area contributed by atoms with Crippen molar-refractivity contribution in [3.05, 3.63) is 47.9 Å². The molecule has 2 aliphatic rings. The number of sulfonamides is 1. The zero-order chi connectivity index (χ0) is 17.7. The SMILES string of the molecule is CC(C)c1ncc(S(=O)(=O)N2C[C@H]3CCCC[C@@]32c2ccccc2)[nH]1. The van der Waals surface area contributed by atoms with E-state index in [1.807, 2.05) is 32.0 Å². The van der Waals surface area contributed by atoms with Gasteiger partial charge in [0, 0.05) is 12.5 Å². The number of hydrogen-bond donors (Lipinski definition) is 1. The van der Waals surface area contributed by atoms with Crippen molar-refractivity contribution in [2.24, 2.45) is 5.92 Å². The summed E-state index contributed by atoms with van der Waals surface area (Å²) in [5, 5.41) is 0.218. The summed E-state index contributed by atoms with van der Waals surface area (Å²) in [6.45, 7) is 4.61. The molecule has 1 aliphatic heterocycles. The second-order valence-corrected chi connectivity index (χ2v) is 9.39. The lowest BCUT2D eigenvalue weighted by Gasteiger charge is -2.60. The first-order valence-corrected chi connectivity index (χ1v) is 10.5. The standard InChI is InChI=1S/C19H25N3O2S/c1-14(2)18-20-12-17(21-18)25(23,24)22-13-16-10-6-7-11-19(16,22)15-8-4-3-5-9-15/h3-5,8-9,12,14,16H,6-7,10-11,13H2,1-2H3,(H,20,21)/t16-,19-/m1/s1. The number of rotatable bonds is 4. The first-order chi connectivity index (χ1) is 12.0. The van der Waals surface area contributed by atoms with Crippen molar-refractivity contribution < 1.29 is 8.42 Å². The molecule has 5 nitrogen and oxygen atoms in total. The van der Waals surface area contributed by atoms with Gasteiger partial charge in [0.05, 0.1) is 11.7 Å². The fourth-order valence-electron chi connectivity index (χ4n) is 4.47. The molecule has 134 valence electrons. The molecule has 1 N–H and O–H groups in total. The molecule has 2 atom stereocenters. The van der Waals surface area contributed by atoms with Gasteiger partial charge in [-0.3, -0.25) is 0 Å². The number of nitrogens with one attached hydrogen (secondary N) is 1. The van der Waals surface area contributed by atoms with Gasteiger partial charge in [0.15, 0.2) is 5.03 Å². The van der Waals surface area contributed by atoms with Gasteiger partial charge in [-0.2, -0.15) is 4.31 Å². The van der Waals surface area contributed by atoms with Crippen LogP contribution in [0.1, 0.15) is 56.8 Å². The van der Waals surface area contributed by atoms with Gasteiger partial charge in [0.1, 0.15) is 5.82 Å². The van der Waals surface area contributed by atoms with Crippen molar-refractivity contribution in [2.75, 3.05) is 6.54 Å².